The number of unbranched alkanes of at least 4 members (excludes halogenated alkanes) is 6. The summed E-state index contributed by atoms with van der Waals surface area (Å²) in [5.41, 5.74) is 3.62. The average molecular weight is 715 g/mol. The molecule has 0 atom stereocenters. The van der Waals surface area contributed by atoms with E-state index in [-0.39, 0.29) is 36.1 Å². The van der Waals surface area contributed by atoms with Crippen molar-refractivity contribution in [2.24, 2.45) is 11.8 Å². The molecule has 2 aliphatic rings. The van der Waals surface area contributed by atoms with Gasteiger partial charge in [-0.1, -0.05) is 63.1 Å². The minimum Gasteiger partial charge on any atom is -0.463 e. The van der Waals surface area contributed by atoms with Gasteiger partial charge in [-0.05, 0) is 137 Å². The number of carbonyl (C=O) groups is 4. The van der Waals surface area contributed by atoms with E-state index >= 15 is 0 Å². The fraction of sp³-hybridized carbons (Fsp3) is 0.545. The predicted molar refractivity (Wildman–Crippen MR) is 202 cm³/mol. The van der Waals surface area contributed by atoms with Crippen LogP contribution in [0, 0.1) is 11.8 Å². The van der Waals surface area contributed by atoms with E-state index in [0.717, 1.165) is 116 Å². The normalized spacial score (nSPS) is 19.9. The highest BCUT2D eigenvalue weighted by Gasteiger charge is 2.33. The molecule has 52 heavy (non-hydrogen) atoms. The first-order valence-corrected chi connectivity index (χ1v) is 19.5. The minimum atomic E-state index is -0.370. The van der Waals surface area contributed by atoms with Crippen molar-refractivity contribution in [1.29, 1.82) is 0 Å². The van der Waals surface area contributed by atoms with Crippen molar-refractivity contribution in [3.63, 3.8) is 0 Å². The van der Waals surface area contributed by atoms with Gasteiger partial charge in [-0.2, -0.15) is 0 Å². The number of carbonyl (C=O) groups excluding carboxylic acids is 4. The van der Waals surface area contributed by atoms with Gasteiger partial charge >= 0.3 is 23.9 Å². The molecule has 0 aliphatic heterocycles. The Morgan fingerprint density at radius 2 is 0.846 bits per heavy atom. The molecule has 0 bridgehead atoms. The topological polar surface area (TPSA) is 105 Å². The Morgan fingerprint density at radius 3 is 1.19 bits per heavy atom. The second-order valence-corrected chi connectivity index (χ2v) is 14.3. The molecule has 0 N–H and O–H groups in total. The number of esters is 4. The van der Waals surface area contributed by atoms with Crippen molar-refractivity contribution in [2.75, 3.05) is 13.2 Å². The lowest BCUT2D eigenvalue weighted by Crippen LogP contribution is -2.32. The van der Waals surface area contributed by atoms with Crippen LogP contribution < -0.4 is 0 Å². The van der Waals surface area contributed by atoms with Crippen molar-refractivity contribution in [1.82, 2.24) is 0 Å². The second-order valence-electron chi connectivity index (χ2n) is 14.3. The minimum absolute atomic E-state index is 0.0292. The number of benzene rings is 2. The fourth-order valence-corrected chi connectivity index (χ4v) is 7.44. The fourth-order valence-electron chi connectivity index (χ4n) is 7.44. The van der Waals surface area contributed by atoms with E-state index < -0.39 is 0 Å². The quantitative estimate of drug-likeness (QED) is 0.0545. The molecule has 2 aromatic rings. The van der Waals surface area contributed by atoms with Crippen LogP contribution in [0.3, 0.4) is 0 Å². The molecular weight excluding hydrogens is 656 g/mol. The molecule has 2 saturated carbocycles. The molecule has 282 valence electrons. The summed E-state index contributed by atoms with van der Waals surface area (Å²) in [6.07, 6.45) is 20.0. The SMILES string of the molecule is C=CC(=O)OCCCCCCc1ccc(C(=O)OC2CCC(C3CCC(OC(=O)c4ccc(CCCCCCOC(=O)C=C)cc4)CC3)CC2)cc1. The van der Waals surface area contributed by atoms with E-state index in [1.807, 2.05) is 48.5 Å². The van der Waals surface area contributed by atoms with E-state index in [4.69, 9.17) is 18.9 Å². The van der Waals surface area contributed by atoms with Crippen molar-refractivity contribution < 1.29 is 38.1 Å². The van der Waals surface area contributed by atoms with Crippen LogP contribution in [0.1, 0.15) is 135 Å². The highest BCUT2D eigenvalue weighted by molar-refractivity contribution is 5.90. The van der Waals surface area contributed by atoms with Gasteiger partial charge in [0.2, 0.25) is 0 Å². The molecule has 0 radical (unpaired) electrons. The van der Waals surface area contributed by atoms with Gasteiger partial charge < -0.3 is 18.9 Å². The number of ether oxygens (including phenoxy) is 4. The molecule has 2 fully saturated rings. The third-order valence-electron chi connectivity index (χ3n) is 10.6. The lowest BCUT2D eigenvalue weighted by molar-refractivity contribution is -0.138. The first kappa shape index (κ1) is 40.6. The Balaban J connectivity index is 1.05. The highest BCUT2D eigenvalue weighted by atomic mass is 16.6. The summed E-state index contributed by atoms with van der Waals surface area (Å²) in [4.78, 5) is 47.9. The zero-order chi connectivity index (χ0) is 37.0. The zero-order valence-electron chi connectivity index (χ0n) is 30.9. The first-order valence-electron chi connectivity index (χ1n) is 19.5. The van der Waals surface area contributed by atoms with Crippen molar-refractivity contribution in [2.45, 2.75) is 128 Å². The van der Waals surface area contributed by atoms with E-state index in [1.165, 1.54) is 23.3 Å². The Hall–Kier alpha value is -4.20. The molecule has 4 rings (SSSR count). The molecule has 8 nitrogen and oxygen atoms in total. The summed E-state index contributed by atoms with van der Waals surface area (Å²) in [5, 5.41) is 0. The molecule has 0 aromatic heterocycles. The van der Waals surface area contributed by atoms with Crippen LogP contribution >= 0.6 is 0 Å². The lowest BCUT2D eigenvalue weighted by Gasteiger charge is -2.37. The number of hydrogen-bond donors (Lipinski definition) is 0. The maximum Gasteiger partial charge on any atom is 0.338 e. The van der Waals surface area contributed by atoms with Crippen LogP contribution in [0.4, 0.5) is 0 Å². The summed E-state index contributed by atoms with van der Waals surface area (Å²) in [6.45, 7) is 7.66. The van der Waals surface area contributed by atoms with Gasteiger partial charge in [-0.15, -0.1) is 0 Å². The molecule has 2 aromatic carbocycles. The molecule has 0 spiro atoms. The van der Waals surface area contributed by atoms with Crippen LogP contribution in [-0.4, -0.2) is 49.3 Å². The van der Waals surface area contributed by atoms with E-state index in [2.05, 4.69) is 13.2 Å². The monoisotopic (exact) mass is 714 g/mol. The van der Waals surface area contributed by atoms with Crippen LogP contribution in [0.2, 0.25) is 0 Å². The maximum absolute atomic E-state index is 12.9. The van der Waals surface area contributed by atoms with Gasteiger partial charge in [0.25, 0.3) is 0 Å². The van der Waals surface area contributed by atoms with Crippen LogP contribution in [-0.2, 0) is 41.4 Å². The molecule has 0 heterocycles. The summed E-state index contributed by atoms with van der Waals surface area (Å²) < 4.78 is 21.8. The number of hydrogen-bond acceptors (Lipinski definition) is 8. The van der Waals surface area contributed by atoms with Crippen molar-refractivity contribution >= 4 is 23.9 Å². The van der Waals surface area contributed by atoms with E-state index in [9.17, 15) is 19.2 Å². The zero-order valence-corrected chi connectivity index (χ0v) is 30.9. The number of rotatable bonds is 21. The summed E-state index contributed by atoms with van der Waals surface area (Å²) in [5.74, 6) is 0.0536. The highest BCUT2D eigenvalue weighted by Crippen LogP contribution is 2.40. The van der Waals surface area contributed by atoms with Gasteiger partial charge in [0, 0.05) is 12.2 Å². The molecule has 0 unspecified atom stereocenters. The molecule has 8 heteroatoms. The van der Waals surface area contributed by atoms with E-state index in [0.29, 0.717) is 36.2 Å². The van der Waals surface area contributed by atoms with Gasteiger partial charge in [0.15, 0.2) is 0 Å². The third kappa shape index (κ3) is 14.4. The van der Waals surface area contributed by atoms with Gasteiger partial charge in [-0.25, -0.2) is 19.2 Å². The second kappa shape index (κ2) is 22.7. The van der Waals surface area contributed by atoms with Crippen LogP contribution in [0.5, 0.6) is 0 Å². The first-order chi connectivity index (χ1) is 25.3. The van der Waals surface area contributed by atoms with Crippen molar-refractivity contribution in [3.05, 3.63) is 96.1 Å². The van der Waals surface area contributed by atoms with Crippen LogP contribution in [0.25, 0.3) is 0 Å². The van der Waals surface area contributed by atoms with E-state index in [1.54, 1.807) is 0 Å². The summed E-state index contributed by atoms with van der Waals surface area (Å²) in [7, 11) is 0. The van der Waals surface area contributed by atoms with Crippen LogP contribution in [0.15, 0.2) is 73.8 Å². The molecule has 0 amide bonds. The third-order valence-corrected chi connectivity index (χ3v) is 10.6. The Bertz CT molecular complexity index is 1300. The molecule has 0 saturated heterocycles. The van der Waals surface area contributed by atoms with Gasteiger partial charge in [-0.3, -0.25) is 0 Å². The molecular formula is C44H58O8. The van der Waals surface area contributed by atoms with Gasteiger partial charge in [0.05, 0.1) is 24.3 Å². The average Bonchev–Trinajstić information content (AvgIpc) is 3.18. The van der Waals surface area contributed by atoms with Gasteiger partial charge in [0.1, 0.15) is 12.2 Å². The van der Waals surface area contributed by atoms with Crippen molar-refractivity contribution in [3.8, 4) is 0 Å². The Morgan fingerprint density at radius 1 is 0.500 bits per heavy atom. The largest absolute Gasteiger partial charge is 0.463 e. The number of aryl methyl sites for hydroxylation is 2. The Labute approximate surface area is 310 Å². The summed E-state index contributed by atoms with van der Waals surface area (Å²) >= 11 is 0. The maximum atomic E-state index is 12.9. The molecule has 2 aliphatic carbocycles. The summed E-state index contributed by atoms with van der Waals surface area (Å²) in [6, 6.07) is 15.6. The smallest absolute Gasteiger partial charge is 0.338 e. The Kier molecular flexibility index (Phi) is 17.7. The predicted octanol–water partition coefficient (Wildman–Crippen LogP) is 9.48. The standard InChI is InChI=1S/C44H58O8/c1-3-41(45)49-31-11-7-5-9-13-33-15-19-37(20-16-33)43(47)51-39-27-23-35(24-28-39)36-25-29-40(30-26-36)52-44(48)38-21-17-34(18-22-38)14-10-6-8-12-32-50-42(46)4-2/h3-4,15-22,35-36,39-40H,1-2,5-14,23-32H2. The lowest BCUT2D eigenvalue weighted by atomic mass is 9.72.